The van der Waals surface area contributed by atoms with E-state index in [1.54, 1.807) is 24.3 Å². The number of alkyl halides is 3. The van der Waals surface area contributed by atoms with Gasteiger partial charge in [-0.15, -0.1) is 10.2 Å². The number of fused-ring (bicyclic) bond motifs is 2. The normalized spacial score (nSPS) is 14.2. The summed E-state index contributed by atoms with van der Waals surface area (Å²) in [4.78, 5) is 14.4. The Morgan fingerprint density at radius 2 is 2.14 bits per heavy atom. The van der Waals surface area contributed by atoms with Crippen LogP contribution in [-0.4, -0.2) is 38.7 Å². The number of halogens is 3. The Morgan fingerprint density at radius 1 is 1.32 bits per heavy atom. The van der Waals surface area contributed by atoms with Crippen molar-refractivity contribution in [1.29, 1.82) is 0 Å². The number of carbonyl (C=O) groups is 1. The molecule has 0 fully saturated rings. The highest BCUT2D eigenvalue weighted by molar-refractivity contribution is 5.99. The summed E-state index contributed by atoms with van der Waals surface area (Å²) in [5.74, 6) is -0.848. The first-order valence-corrected chi connectivity index (χ1v) is 8.42. The summed E-state index contributed by atoms with van der Waals surface area (Å²) in [5, 5.41) is 7.53. The third-order valence-electron chi connectivity index (χ3n) is 4.43. The van der Waals surface area contributed by atoms with Crippen molar-refractivity contribution in [2.45, 2.75) is 19.3 Å². The Morgan fingerprint density at radius 3 is 2.89 bits per heavy atom. The minimum atomic E-state index is -4.58. The Labute approximate surface area is 157 Å². The molecule has 4 rings (SSSR count). The lowest BCUT2D eigenvalue weighted by Gasteiger charge is -2.28. The number of aromatic nitrogens is 3. The minimum Gasteiger partial charge on any atom is -0.489 e. The van der Waals surface area contributed by atoms with E-state index < -0.39 is 12.0 Å². The summed E-state index contributed by atoms with van der Waals surface area (Å²) in [5.41, 5.74) is 0.787. The molecule has 0 saturated heterocycles. The van der Waals surface area contributed by atoms with Gasteiger partial charge in [-0.1, -0.05) is 12.7 Å². The number of furan rings is 1. The molecule has 0 spiro atoms. The largest absolute Gasteiger partial charge is 0.489 e. The Balaban J connectivity index is 1.62. The molecule has 3 heterocycles. The molecule has 1 amide bonds. The van der Waals surface area contributed by atoms with Gasteiger partial charge >= 0.3 is 6.18 Å². The second-order valence-electron chi connectivity index (χ2n) is 6.22. The molecule has 0 bridgehead atoms. The van der Waals surface area contributed by atoms with Crippen LogP contribution in [0.25, 0.3) is 11.0 Å². The van der Waals surface area contributed by atoms with Crippen LogP contribution < -0.4 is 4.74 Å². The number of hydrogen-bond acceptors (Lipinski definition) is 5. The number of benzene rings is 1. The van der Waals surface area contributed by atoms with E-state index in [9.17, 15) is 18.0 Å². The van der Waals surface area contributed by atoms with Crippen LogP contribution in [0.2, 0.25) is 0 Å². The topological polar surface area (TPSA) is 73.4 Å². The third-order valence-corrected chi connectivity index (χ3v) is 4.43. The average molecular weight is 392 g/mol. The molecule has 1 aliphatic heterocycles. The van der Waals surface area contributed by atoms with Crippen molar-refractivity contribution in [3.05, 3.63) is 54.3 Å². The van der Waals surface area contributed by atoms with Crippen molar-refractivity contribution >= 4 is 16.9 Å². The highest BCUT2D eigenvalue weighted by Crippen LogP contribution is 2.31. The maximum Gasteiger partial charge on any atom is 0.451 e. The Bertz CT molecular complexity index is 1050. The van der Waals surface area contributed by atoms with Gasteiger partial charge in [0.15, 0.2) is 5.82 Å². The molecule has 10 heteroatoms. The molecular weight excluding hydrogens is 377 g/mol. The monoisotopic (exact) mass is 392 g/mol. The van der Waals surface area contributed by atoms with E-state index in [2.05, 4.69) is 16.8 Å². The highest BCUT2D eigenvalue weighted by Gasteiger charge is 2.40. The second-order valence-corrected chi connectivity index (χ2v) is 6.22. The second kappa shape index (κ2) is 6.70. The summed E-state index contributed by atoms with van der Waals surface area (Å²) in [7, 11) is 0. The van der Waals surface area contributed by atoms with Crippen LogP contribution in [0.1, 0.15) is 22.0 Å². The lowest BCUT2D eigenvalue weighted by molar-refractivity contribution is -0.147. The van der Waals surface area contributed by atoms with Gasteiger partial charge in [0.1, 0.15) is 17.9 Å². The zero-order valence-electron chi connectivity index (χ0n) is 14.6. The van der Waals surface area contributed by atoms with Gasteiger partial charge in [0.2, 0.25) is 5.82 Å². The molecule has 0 atom stereocenters. The van der Waals surface area contributed by atoms with E-state index in [1.807, 2.05) is 0 Å². The first kappa shape index (κ1) is 18.1. The lowest BCUT2D eigenvalue weighted by Crippen LogP contribution is -2.39. The molecule has 28 heavy (non-hydrogen) atoms. The van der Waals surface area contributed by atoms with Crippen LogP contribution in [0.15, 0.2) is 41.5 Å². The molecule has 0 radical (unpaired) electrons. The lowest BCUT2D eigenvalue weighted by atomic mass is 10.1. The van der Waals surface area contributed by atoms with Gasteiger partial charge in [-0.2, -0.15) is 13.2 Å². The molecule has 146 valence electrons. The zero-order chi connectivity index (χ0) is 19.9. The zero-order valence-corrected chi connectivity index (χ0v) is 14.6. The van der Waals surface area contributed by atoms with Gasteiger partial charge in [0.05, 0.1) is 18.2 Å². The van der Waals surface area contributed by atoms with Gasteiger partial charge in [0.25, 0.3) is 5.91 Å². The SMILES string of the molecule is C=CCOc1cc(C(=O)N2CCn3c(nnc3C(F)(F)F)C2)cc2occc12. The molecule has 2 aromatic heterocycles. The molecule has 3 aromatic rings. The maximum atomic E-state index is 13.0. The summed E-state index contributed by atoms with van der Waals surface area (Å²) >= 11 is 0. The van der Waals surface area contributed by atoms with Crippen LogP contribution in [0.4, 0.5) is 13.2 Å². The Kier molecular flexibility index (Phi) is 4.33. The summed E-state index contributed by atoms with van der Waals surface area (Å²) in [6.45, 7) is 3.85. The summed E-state index contributed by atoms with van der Waals surface area (Å²) in [6.07, 6.45) is -1.52. The molecule has 1 aliphatic rings. The predicted molar refractivity (Wildman–Crippen MR) is 91.7 cm³/mol. The van der Waals surface area contributed by atoms with Gasteiger partial charge in [-0.05, 0) is 18.2 Å². The minimum absolute atomic E-state index is 0.0360. The van der Waals surface area contributed by atoms with Crippen LogP contribution in [0.3, 0.4) is 0 Å². The standard InChI is InChI=1S/C18H15F3N4O3/c1-2-6-27-13-8-11(9-14-12(13)3-7-28-14)16(26)24-4-5-25-15(10-24)22-23-17(25)18(19,20)21/h2-3,7-9H,1,4-6,10H2. The number of carbonyl (C=O) groups excluding carboxylic acids is 1. The van der Waals surface area contributed by atoms with E-state index in [0.29, 0.717) is 22.3 Å². The van der Waals surface area contributed by atoms with Crippen LogP contribution >= 0.6 is 0 Å². The fraction of sp³-hybridized carbons (Fsp3) is 0.278. The summed E-state index contributed by atoms with van der Waals surface area (Å²) in [6, 6.07) is 4.90. The van der Waals surface area contributed by atoms with Crippen molar-refractivity contribution < 1.29 is 27.1 Å². The number of ether oxygens (including phenoxy) is 1. The smallest absolute Gasteiger partial charge is 0.451 e. The average Bonchev–Trinajstić information content (AvgIpc) is 3.30. The van der Waals surface area contributed by atoms with E-state index >= 15 is 0 Å². The van der Waals surface area contributed by atoms with Gasteiger partial charge in [0, 0.05) is 18.7 Å². The van der Waals surface area contributed by atoms with Gasteiger partial charge in [-0.3, -0.25) is 4.79 Å². The fourth-order valence-corrected chi connectivity index (χ4v) is 3.15. The van der Waals surface area contributed by atoms with E-state index in [1.165, 1.54) is 11.2 Å². The molecule has 0 N–H and O–H groups in total. The van der Waals surface area contributed by atoms with Crippen LogP contribution in [0.5, 0.6) is 5.75 Å². The highest BCUT2D eigenvalue weighted by atomic mass is 19.4. The fourth-order valence-electron chi connectivity index (χ4n) is 3.15. The molecule has 1 aromatic carbocycles. The van der Waals surface area contributed by atoms with Crippen molar-refractivity contribution in [3.8, 4) is 5.75 Å². The first-order valence-electron chi connectivity index (χ1n) is 8.42. The van der Waals surface area contributed by atoms with Crippen molar-refractivity contribution in [2.75, 3.05) is 13.2 Å². The number of nitrogens with zero attached hydrogens (tertiary/aromatic N) is 4. The van der Waals surface area contributed by atoms with Crippen LogP contribution in [-0.2, 0) is 19.3 Å². The van der Waals surface area contributed by atoms with Gasteiger partial charge in [-0.25, -0.2) is 0 Å². The van der Waals surface area contributed by atoms with E-state index in [-0.39, 0.29) is 38.0 Å². The van der Waals surface area contributed by atoms with E-state index in [4.69, 9.17) is 9.15 Å². The molecule has 0 saturated carbocycles. The van der Waals surface area contributed by atoms with Crippen LogP contribution in [0, 0.1) is 0 Å². The Hall–Kier alpha value is -3.30. The van der Waals surface area contributed by atoms with Crippen molar-refractivity contribution in [1.82, 2.24) is 19.7 Å². The van der Waals surface area contributed by atoms with Gasteiger partial charge < -0.3 is 18.6 Å². The number of rotatable bonds is 4. The first-order chi connectivity index (χ1) is 13.4. The number of amides is 1. The van der Waals surface area contributed by atoms with Crippen molar-refractivity contribution in [3.63, 3.8) is 0 Å². The maximum absolute atomic E-state index is 13.0. The third kappa shape index (κ3) is 3.10. The quantitative estimate of drug-likeness (QED) is 0.638. The summed E-state index contributed by atoms with van der Waals surface area (Å²) < 4.78 is 50.9. The molecule has 0 unspecified atom stereocenters. The molecular formula is C18H15F3N4O3. The molecule has 0 aliphatic carbocycles. The molecule has 7 nitrogen and oxygen atoms in total. The number of hydrogen-bond donors (Lipinski definition) is 0. The van der Waals surface area contributed by atoms with Crippen molar-refractivity contribution in [2.24, 2.45) is 0 Å². The van der Waals surface area contributed by atoms with E-state index in [0.717, 1.165) is 4.57 Å². The predicted octanol–water partition coefficient (Wildman–Crippen LogP) is 3.26.